The van der Waals surface area contributed by atoms with Gasteiger partial charge in [0.25, 0.3) is 0 Å². The van der Waals surface area contributed by atoms with Crippen LogP contribution in [-0.4, -0.2) is 81.3 Å². The first kappa shape index (κ1) is 24.2. The van der Waals surface area contributed by atoms with Gasteiger partial charge in [-0.25, -0.2) is 0 Å². The number of unbranched alkanes of at least 4 members (excludes halogenated alkanes) is 2. The van der Waals surface area contributed by atoms with Gasteiger partial charge < -0.3 is 30.7 Å². The fourth-order valence-electron chi connectivity index (χ4n) is 4.00. The Kier molecular flexibility index (Phi) is 9.80. The molecule has 2 aliphatic heterocycles. The zero-order valence-electron chi connectivity index (χ0n) is 16.9. The van der Waals surface area contributed by atoms with Crippen LogP contribution in [0.4, 0.5) is 0 Å². The lowest BCUT2D eigenvalue weighted by molar-refractivity contribution is -0.205. The summed E-state index contributed by atoms with van der Waals surface area (Å²) >= 11 is 7.54. The Balaban J connectivity index is 1.98. The summed E-state index contributed by atoms with van der Waals surface area (Å²) < 4.78 is 5.79. The quantitative estimate of drug-likeness (QED) is 0.268. The average molecular weight is 439 g/mol. The summed E-state index contributed by atoms with van der Waals surface area (Å²) in [6.45, 7) is 4.71. The van der Waals surface area contributed by atoms with E-state index >= 15 is 0 Å². The number of aliphatic hydroxyl groups is 3. The average Bonchev–Trinajstić information content (AvgIpc) is 3.14. The van der Waals surface area contributed by atoms with Gasteiger partial charge in [0.05, 0.1) is 17.5 Å². The maximum Gasteiger partial charge on any atom is 0.237 e. The van der Waals surface area contributed by atoms with Crippen LogP contribution in [0.25, 0.3) is 0 Å². The third-order valence-electron chi connectivity index (χ3n) is 5.75. The second-order valence-electron chi connectivity index (χ2n) is 7.95. The van der Waals surface area contributed by atoms with E-state index in [1.54, 1.807) is 13.2 Å². The van der Waals surface area contributed by atoms with Crippen LogP contribution in [0, 0.1) is 5.92 Å². The molecule has 1 amide bonds. The van der Waals surface area contributed by atoms with E-state index in [2.05, 4.69) is 17.6 Å². The molecule has 0 saturated carbocycles. The maximum absolute atomic E-state index is 12.8. The first-order valence-corrected chi connectivity index (χ1v) is 11.9. The van der Waals surface area contributed by atoms with Crippen molar-refractivity contribution in [2.75, 3.05) is 12.8 Å². The molecular weight excluding hydrogens is 404 g/mol. The number of carbonyl (C=O) groups excluding carboxylic acids is 1. The number of nitrogens with one attached hydrogen (secondary N) is 2. The Labute approximate surface area is 176 Å². The molecule has 2 aliphatic rings. The van der Waals surface area contributed by atoms with E-state index in [9.17, 15) is 20.1 Å². The van der Waals surface area contributed by atoms with Crippen molar-refractivity contribution in [1.82, 2.24) is 10.6 Å². The van der Waals surface area contributed by atoms with Crippen LogP contribution in [0.1, 0.15) is 46.0 Å². The van der Waals surface area contributed by atoms with E-state index in [-0.39, 0.29) is 11.9 Å². The Morgan fingerprint density at radius 3 is 2.61 bits per heavy atom. The van der Waals surface area contributed by atoms with E-state index in [4.69, 9.17) is 16.3 Å². The van der Waals surface area contributed by atoms with Gasteiger partial charge in [-0.05, 0) is 38.5 Å². The summed E-state index contributed by atoms with van der Waals surface area (Å²) in [7, 11) is 0. The highest BCUT2D eigenvalue weighted by molar-refractivity contribution is 7.99. The molecule has 9 atom stereocenters. The second-order valence-corrected chi connectivity index (χ2v) is 9.57. The van der Waals surface area contributed by atoms with Gasteiger partial charge in [0.1, 0.15) is 29.9 Å². The third-order valence-corrected chi connectivity index (χ3v) is 6.88. The van der Waals surface area contributed by atoms with E-state index in [0.717, 1.165) is 19.4 Å². The monoisotopic (exact) mass is 438 g/mol. The molecule has 28 heavy (non-hydrogen) atoms. The molecule has 0 bridgehead atoms. The first-order valence-electron chi connectivity index (χ1n) is 10.2. The minimum Gasteiger partial charge on any atom is -0.388 e. The molecule has 5 N–H and O–H groups in total. The SMILES string of the molecule is CCCCC[C@@H]1CN[C@@H](C(=O)N[C@H]([C@H]2O[C@H](SC)[C@H](O)[C@@H](O)[C@H]2O)[C@H](C)Cl)C1. The highest BCUT2D eigenvalue weighted by Gasteiger charge is 2.48. The normalized spacial score (nSPS) is 38.2. The lowest BCUT2D eigenvalue weighted by atomic mass is 9.92. The lowest BCUT2D eigenvalue weighted by Gasteiger charge is -2.44. The smallest absolute Gasteiger partial charge is 0.237 e. The number of alkyl halides is 1. The molecule has 164 valence electrons. The predicted octanol–water partition coefficient (Wildman–Crippen LogP) is 0.828. The standard InChI is InChI=1S/C19H35ClN2O5S/c1-4-5-6-7-11-8-12(21-9-11)18(26)22-13(10(2)20)17-15(24)14(23)16(25)19(27-17)28-3/h10-17,19,21,23-25H,4-9H2,1-3H3,(H,22,26)/t10-,11-,12+,13-,14-,15+,16+,17+,19+/m0/s1. The number of amides is 1. The molecule has 0 unspecified atom stereocenters. The molecular formula is C19H35ClN2O5S. The molecule has 2 heterocycles. The van der Waals surface area contributed by atoms with Crippen molar-refractivity contribution in [3.63, 3.8) is 0 Å². The van der Waals surface area contributed by atoms with E-state index in [0.29, 0.717) is 5.92 Å². The number of carbonyl (C=O) groups is 1. The van der Waals surface area contributed by atoms with Crippen LogP contribution < -0.4 is 10.6 Å². The molecule has 2 saturated heterocycles. The van der Waals surface area contributed by atoms with Crippen molar-refractivity contribution < 1.29 is 24.9 Å². The molecule has 9 heteroatoms. The number of ether oxygens (including phenoxy) is 1. The summed E-state index contributed by atoms with van der Waals surface area (Å²) in [5.74, 6) is 0.316. The van der Waals surface area contributed by atoms with Gasteiger partial charge in [0, 0.05) is 0 Å². The number of rotatable bonds is 9. The summed E-state index contributed by atoms with van der Waals surface area (Å²) in [5, 5.41) is 36.3. The van der Waals surface area contributed by atoms with Crippen LogP contribution in [0.5, 0.6) is 0 Å². The molecule has 0 aromatic heterocycles. The molecule has 7 nitrogen and oxygen atoms in total. The highest BCUT2D eigenvalue weighted by Crippen LogP contribution is 2.30. The molecule has 0 aromatic carbocycles. The zero-order valence-corrected chi connectivity index (χ0v) is 18.5. The van der Waals surface area contributed by atoms with Crippen LogP contribution in [0.3, 0.4) is 0 Å². The van der Waals surface area contributed by atoms with Crippen LogP contribution in [-0.2, 0) is 9.53 Å². The van der Waals surface area contributed by atoms with Crippen molar-refractivity contribution in [2.45, 2.75) is 93.3 Å². The van der Waals surface area contributed by atoms with Crippen LogP contribution in [0.15, 0.2) is 0 Å². The number of hydrogen-bond donors (Lipinski definition) is 5. The molecule has 0 spiro atoms. The van der Waals surface area contributed by atoms with Gasteiger partial charge in [-0.2, -0.15) is 0 Å². The zero-order chi connectivity index (χ0) is 20.8. The Morgan fingerprint density at radius 1 is 1.29 bits per heavy atom. The lowest BCUT2D eigenvalue weighted by Crippen LogP contribution is -2.65. The minimum atomic E-state index is -1.36. The van der Waals surface area contributed by atoms with E-state index in [1.165, 1.54) is 31.0 Å². The number of aliphatic hydroxyl groups excluding tert-OH is 3. The van der Waals surface area contributed by atoms with Crippen molar-refractivity contribution in [3.8, 4) is 0 Å². The molecule has 0 radical (unpaired) electrons. The topological polar surface area (TPSA) is 111 Å². The Bertz CT molecular complexity index is 499. The summed E-state index contributed by atoms with van der Waals surface area (Å²) in [6, 6.07) is -0.987. The number of halogens is 1. The van der Waals surface area contributed by atoms with Crippen molar-refractivity contribution in [3.05, 3.63) is 0 Å². The van der Waals surface area contributed by atoms with Crippen LogP contribution in [0.2, 0.25) is 0 Å². The van der Waals surface area contributed by atoms with Gasteiger partial charge in [0.15, 0.2) is 0 Å². The van der Waals surface area contributed by atoms with Gasteiger partial charge in [-0.3, -0.25) is 4.79 Å². The maximum atomic E-state index is 12.8. The fraction of sp³-hybridized carbons (Fsp3) is 0.947. The third kappa shape index (κ3) is 5.97. The molecule has 0 aromatic rings. The van der Waals surface area contributed by atoms with E-state index < -0.39 is 41.3 Å². The van der Waals surface area contributed by atoms with Crippen molar-refractivity contribution in [1.29, 1.82) is 0 Å². The molecule has 2 rings (SSSR count). The largest absolute Gasteiger partial charge is 0.388 e. The highest BCUT2D eigenvalue weighted by atomic mass is 35.5. The van der Waals surface area contributed by atoms with Crippen molar-refractivity contribution >= 4 is 29.3 Å². The second kappa shape index (κ2) is 11.3. The predicted molar refractivity (Wildman–Crippen MR) is 111 cm³/mol. The number of thioether (sulfide) groups is 1. The summed E-state index contributed by atoms with van der Waals surface area (Å²) in [6.07, 6.45) is 2.39. The fourth-order valence-corrected chi connectivity index (χ4v) is 4.89. The van der Waals surface area contributed by atoms with Gasteiger partial charge in [-0.15, -0.1) is 23.4 Å². The minimum absolute atomic E-state index is 0.174. The van der Waals surface area contributed by atoms with Crippen molar-refractivity contribution in [2.24, 2.45) is 5.92 Å². The molecule has 0 aliphatic carbocycles. The molecule has 2 fully saturated rings. The van der Waals surface area contributed by atoms with E-state index in [1.807, 2.05) is 0 Å². The first-order chi connectivity index (χ1) is 13.3. The summed E-state index contributed by atoms with van der Waals surface area (Å²) in [4.78, 5) is 12.8. The number of hydrogen-bond acceptors (Lipinski definition) is 7. The van der Waals surface area contributed by atoms with Gasteiger partial charge in [-0.1, -0.05) is 26.2 Å². The Morgan fingerprint density at radius 2 is 2.00 bits per heavy atom. The van der Waals surface area contributed by atoms with Crippen LogP contribution >= 0.6 is 23.4 Å². The summed E-state index contributed by atoms with van der Waals surface area (Å²) in [5.41, 5.74) is -0.703. The van der Waals surface area contributed by atoms with Gasteiger partial charge in [0.2, 0.25) is 5.91 Å². The van der Waals surface area contributed by atoms with Gasteiger partial charge >= 0.3 is 0 Å². The Hall–Kier alpha value is -0.0900.